The summed E-state index contributed by atoms with van der Waals surface area (Å²) < 4.78 is 4.16. The molecule has 15 nitrogen and oxygen atoms in total. The molecule has 4 aromatic rings. The second kappa shape index (κ2) is 14.5. The molecule has 2 aliphatic heterocycles. The Labute approximate surface area is 289 Å². The Bertz CT molecular complexity index is 2000. The lowest BCUT2D eigenvalue weighted by Crippen LogP contribution is -2.63. The minimum atomic E-state index is -1.45. The summed E-state index contributed by atoms with van der Waals surface area (Å²) in [4.78, 5) is 58.5. The standard InChI is InChI=1S/C28H25ClN8O5S3.CH2O2/c1-42-34-20(21-23(29)45-28(32)33-21)19(38)8-16-25(39)37-22(27(40)41)14(12-44-26(16)37)9-35-5-2-3-17-18(35)4-6-36(17)10-15-7-13(11-43-15)24(30)31;2-1-3/h2-7,11,16,26H,8-10,12H2,1H3,(H5-,30,31,32,33,40,41);1H,(H,2,3)/b34-20+;/t16-,26-;/m1./s1. The van der Waals surface area contributed by atoms with Crippen molar-refractivity contribution in [1.29, 1.82) is 5.41 Å². The van der Waals surface area contributed by atoms with E-state index in [-0.39, 0.29) is 51.8 Å². The minimum absolute atomic E-state index is 0.0201. The molecule has 1 amide bonds. The second-order valence-electron chi connectivity index (χ2n) is 10.4. The third-order valence-electron chi connectivity index (χ3n) is 7.50. The number of hydrogen-bond acceptors (Lipinski definition) is 13. The number of thiophene rings is 1. The molecule has 0 spiro atoms. The molecule has 0 aromatic carbocycles. The SMILES string of the molecule is CO/N=C(\C(=O)C[C@@H]1C(=O)N2C(C(=O)[O-])=C(C[n+]3cccc4c3ccn4Cc3cc(C(=N)N)cs3)CS[C@H]12)c1nc(N)sc1Cl.O=CO. The molecule has 250 valence electrons. The Morgan fingerprint density at radius 1 is 1.38 bits per heavy atom. The zero-order valence-electron chi connectivity index (χ0n) is 25.0. The lowest BCUT2D eigenvalue weighted by Gasteiger charge is -2.50. The number of hydrogen-bond donors (Lipinski definition) is 4. The van der Waals surface area contributed by atoms with E-state index in [9.17, 15) is 19.5 Å². The van der Waals surface area contributed by atoms with Crippen LogP contribution in [0.5, 0.6) is 0 Å². The first kappa shape index (κ1) is 34.6. The highest BCUT2D eigenvalue weighted by Crippen LogP contribution is 2.45. The number of carboxylic acids is 1. The van der Waals surface area contributed by atoms with Gasteiger partial charge in [0.1, 0.15) is 28.5 Å². The number of amides is 1. The molecular weight excluding hydrogens is 704 g/mol. The number of nitrogen functional groups attached to an aromatic ring is 2. The van der Waals surface area contributed by atoms with Crippen LogP contribution in [0.1, 0.15) is 22.6 Å². The first-order chi connectivity index (χ1) is 23.0. The van der Waals surface area contributed by atoms with Gasteiger partial charge < -0.3 is 35.9 Å². The summed E-state index contributed by atoms with van der Waals surface area (Å²) in [6.07, 6.45) is 3.57. The molecule has 6 heterocycles. The van der Waals surface area contributed by atoms with Crippen molar-refractivity contribution >= 4 is 97.9 Å². The number of rotatable bonds is 11. The number of ketones is 1. The summed E-state index contributed by atoms with van der Waals surface area (Å²) in [6.45, 7) is 0.552. The van der Waals surface area contributed by atoms with Crippen LogP contribution in [0.3, 0.4) is 0 Å². The van der Waals surface area contributed by atoms with Gasteiger partial charge in [-0.05, 0) is 12.1 Å². The summed E-state index contributed by atoms with van der Waals surface area (Å²) in [5.41, 5.74) is 14.1. The molecule has 0 aliphatic carbocycles. The van der Waals surface area contributed by atoms with E-state index in [0.717, 1.165) is 27.2 Å². The van der Waals surface area contributed by atoms with E-state index in [1.807, 2.05) is 46.6 Å². The number of aromatic nitrogens is 3. The van der Waals surface area contributed by atoms with Crippen LogP contribution in [-0.4, -0.2) is 73.5 Å². The van der Waals surface area contributed by atoms with Gasteiger partial charge in [0.25, 0.3) is 6.47 Å². The van der Waals surface area contributed by atoms with Crippen molar-refractivity contribution in [1.82, 2.24) is 14.5 Å². The van der Waals surface area contributed by atoms with Crippen molar-refractivity contribution in [3.63, 3.8) is 0 Å². The number of carbonyl (C=O) groups excluding carboxylic acids is 3. The van der Waals surface area contributed by atoms with Gasteiger partial charge in [0.2, 0.25) is 11.4 Å². The van der Waals surface area contributed by atoms with Gasteiger partial charge in [0.15, 0.2) is 29.4 Å². The number of carbonyl (C=O) groups is 4. The second-order valence-corrected chi connectivity index (χ2v) is 14.1. The van der Waals surface area contributed by atoms with Crippen molar-refractivity contribution in [3.05, 3.63) is 73.8 Å². The third kappa shape index (κ3) is 6.77. The zero-order chi connectivity index (χ0) is 34.7. The number of aliphatic carboxylic acids is 1. The molecule has 0 unspecified atom stereocenters. The van der Waals surface area contributed by atoms with Crippen LogP contribution in [0.25, 0.3) is 11.0 Å². The third-order valence-corrected chi connectivity index (χ3v) is 10.9. The summed E-state index contributed by atoms with van der Waals surface area (Å²) in [5.74, 6) is -2.91. The van der Waals surface area contributed by atoms with Crippen LogP contribution in [0.2, 0.25) is 4.34 Å². The number of nitrogens with one attached hydrogen (secondary N) is 1. The van der Waals surface area contributed by atoms with Gasteiger partial charge in [0, 0.05) is 51.9 Å². The number of amidine groups is 1. The number of pyridine rings is 1. The first-order valence-corrected chi connectivity index (χ1v) is 17.0. The lowest BCUT2D eigenvalue weighted by molar-refractivity contribution is -0.663. The Balaban J connectivity index is 0.00000145. The fraction of sp³-hybridized carbons (Fsp3) is 0.241. The highest BCUT2D eigenvalue weighted by molar-refractivity contribution is 8.00. The fourth-order valence-electron chi connectivity index (χ4n) is 5.47. The maximum absolute atomic E-state index is 13.3. The van der Waals surface area contributed by atoms with E-state index in [4.69, 9.17) is 43.2 Å². The molecule has 6 rings (SSSR count). The highest BCUT2D eigenvalue weighted by Gasteiger charge is 2.53. The van der Waals surface area contributed by atoms with Crippen LogP contribution in [-0.2, 0) is 37.1 Å². The van der Waals surface area contributed by atoms with E-state index in [2.05, 4.69) is 14.7 Å². The number of nitrogens with two attached hydrogens (primary N) is 2. The molecule has 0 saturated carbocycles. The molecule has 2 atom stereocenters. The predicted molar refractivity (Wildman–Crippen MR) is 179 cm³/mol. The molecule has 0 radical (unpaired) electrons. The summed E-state index contributed by atoms with van der Waals surface area (Å²) in [7, 11) is 1.27. The van der Waals surface area contributed by atoms with Gasteiger partial charge in [-0.2, -0.15) is 4.57 Å². The smallest absolute Gasteiger partial charge is 0.290 e. The van der Waals surface area contributed by atoms with Crippen LogP contribution in [0, 0.1) is 11.3 Å². The highest BCUT2D eigenvalue weighted by atomic mass is 35.5. The molecule has 6 N–H and O–H groups in total. The van der Waals surface area contributed by atoms with Gasteiger partial charge in [-0.1, -0.05) is 28.1 Å². The summed E-state index contributed by atoms with van der Waals surface area (Å²) >= 11 is 10.1. The van der Waals surface area contributed by atoms with Crippen LogP contribution in [0.15, 0.2) is 58.5 Å². The van der Waals surface area contributed by atoms with Gasteiger partial charge in [-0.25, -0.2) is 4.98 Å². The molecule has 4 aromatic heterocycles. The number of β-lactam (4-membered cyclic amide) rings is 1. The molecule has 1 saturated heterocycles. The van der Waals surface area contributed by atoms with Gasteiger partial charge >= 0.3 is 0 Å². The van der Waals surface area contributed by atoms with Crippen molar-refractivity contribution in [3.8, 4) is 0 Å². The van der Waals surface area contributed by atoms with E-state index in [1.54, 1.807) is 0 Å². The number of fused-ring (bicyclic) bond motifs is 2. The maximum atomic E-state index is 13.3. The largest absolute Gasteiger partial charge is 0.543 e. The van der Waals surface area contributed by atoms with Crippen LogP contribution in [0.4, 0.5) is 5.13 Å². The molecule has 48 heavy (non-hydrogen) atoms. The van der Waals surface area contributed by atoms with Gasteiger partial charge in [-0.3, -0.25) is 24.7 Å². The van der Waals surface area contributed by atoms with Gasteiger partial charge in [0.05, 0.1) is 29.5 Å². The van der Waals surface area contributed by atoms with Crippen molar-refractivity contribution in [2.75, 3.05) is 18.6 Å². The van der Waals surface area contributed by atoms with Gasteiger partial charge in [-0.15, -0.1) is 23.1 Å². The minimum Gasteiger partial charge on any atom is -0.543 e. The summed E-state index contributed by atoms with van der Waals surface area (Å²) in [5, 5.41) is 32.2. The molecule has 2 aliphatic rings. The normalized spacial score (nSPS) is 17.3. The van der Waals surface area contributed by atoms with E-state index >= 15 is 0 Å². The number of oxime groups is 1. The van der Waals surface area contributed by atoms with Crippen LogP contribution < -0.4 is 21.1 Å². The summed E-state index contributed by atoms with van der Waals surface area (Å²) in [6, 6.07) is 7.69. The van der Waals surface area contributed by atoms with E-state index in [1.165, 1.54) is 35.1 Å². The Morgan fingerprint density at radius 2 is 2.12 bits per heavy atom. The average Bonchev–Trinajstić information content (AvgIpc) is 3.77. The number of anilines is 1. The number of halogens is 1. The van der Waals surface area contributed by atoms with Crippen LogP contribution >= 0.6 is 46.0 Å². The molecule has 1 fully saturated rings. The number of Topliss-reactive ketones (excluding diaryl/α,β-unsaturated/α-hetero) is 1. The predicted octanol–water partition coefficient (Wildman–Crippen LogP) is 1.26. The van der Waals surface area contributed by atoms with Crippen molar-refractivity contribution in [2.45, 2.75) is 24.9 Å². The maximum Gasteiger partial charge on any atom is 0.290 e. The van der Waals surface area contributed by atoms with Crippen molar-refractivity contribution in [2.24, 2.45) is 16.8 Å². The Kier molecular flexibility index (Phi) is 10.5. The Hall–Kier alpha value is -4.78. The lowest BCUT2D eigenvalue weighted by atomic mass is 9.89. The molecule has 19 heteroatoms. The fourth-order valence-corrected chi connectivity index (χ4v) is 8.69. The average molecular weight is 731 g/mol. The zero-order valence-corrected chi connectivity index (χ0v) is 28.2. The van der Waals surface area contributed by atoms with E-state index in [0.29, 0.717) is 23.4 Å². The quantitative estimate of drug-likeness (QED) is 0.0428. The first-order valence-electron chi connectivity index (χ1n) is 13.9. The Morgan fingerprint density at radius 3 is 2.75 bits per heavy atom. The molecular formula is C29H27ClN8O7S3. The topological polar surface area (TPSA) is 234 Å². The van der Waals surface area contributed by atoms with Crippen molar-refractivity contribution < 1.29 is 38.8 Å². The number of carboxylic acid groups (broad SMARTS) is 2. The van der Waals surface area contributed by atoms with E-state index < -0.39 is 29.0 Å². The number of thioether (sulfide) groups is 1. The molecule has 0 bridgehead atoms. The monoisotopic (exact) mass is 730 g/mol. The number of thiazole rings is 1. The number of nitrogens with zero attached hydrogens (tertiary/aromatic N) is 5.